The lowest BCUT2D eigenvalue weighted by Gasteiger charge is -2.49. The van der Waals surface area contributed by atoms with Crippen LogP contribution in [0, 0.1) is 11.3 Å². The molecule has 6 nitrogen and oxygen atoms in total. The van der Waals surface area contributed by atoms with Gasteiger partial charge in [-0.15, -0.1) is 0 Å². The number of fused-ring (bicyclic) bond motifs is 1. The molecule has 4 N–H and O–H groups in total. The molecule has 2 atom stereocenters. The van der Waals surface area contributed by atoms with E-state index in [2.05, 4.69) is 66.7 Å². The average Bonchev–Trinajstić information content (AvgIpc) is 3.29. The van der Waals surface area contributed by atoms with Crippen molar-refractivity contribution in [2.45, 2.75) is 45.6 Å². The maximum absolute atomic E-state index is 7.00. The van der Waals surface area contributed by atoms with E-state index in [0.717, 1.165) is 46.5 Å². The van der Waals surface area contributed by atoms with Crippen LogP contribution in [0.25, 0.3) is 39.5 Å². The highest BCUT2D eigenvalue weighted by molar-refractivity contribution is 5.84. The second-order valence-corrected chi connectivity index (χ2v) is 11.7. The van der Waals surface area contributed by atoms with Gasteiger partial charge in [0.05, 0.1) is 11.3 Å². The lowest BCUT2D eigenvalue weighted by molar-refractivity contribution is 0.0804. The van der Waals surface area contributed by atoms with Gasteiger partial charge in [0.25, 0.3) is 0 Å². The summed E-state index contributed by atoms with van der Waals surface area (Å²) in [5.41, 5.74) is 19.7. The van der Waals surface area contributed by atoms with Gasteiger partial charge in [0.2, 0.25) is 0 Å². The monoisotopic (exact) mass is 502 g/mol. The molecular formula is C32H34N6. The molecule has 1 saturated carbocycles. The summed E-state index contributed by atoms with van der Waals surface area (Å²) >= 11 is 0. The van der Waals surface area contributed by atoms with Crippen molar-refractivity contribution in [1.82, 2.24) is 19.5 Å². The molecule has 0 amide bonds. The number of benzene rings is 2. The third kappa shape index (κ3) is 4.25. The van der Waals surface area contributed by atoms with Gasteiger partial charge in [-0.05, 0) is 72.6 Å². The molecule has 6 heteroatoms. The van der Waals surface area contributed by atoms with Gasteiger partial charge in [0, 0.05) is 23.0 Å². The number of rotatable bonds is 5. The van der Waals surface area contributed by atoms with Crippen molar-refractivity contribution in [2.24, 2.45) is 17.1 Å². The van der Waals surface area contributed by atoms with Crippen molar-refractivity contribution >= 4 is 17.0 Å². The molecule has 1 aliphatic carbocycles. The summed E-state index contributed by atoms with van der Waals surface area (Å²) in [4.78, 5) is 14.3. The SMILES string of the molecule is CC(C)(C)CC1CCC1(N)c1ccc(-n2c(-c3cccnc3N)nc3ccc(-c4ccccc4)nc32)cc1. The summed E-state index contributed by atoms with van der Waals surface area (Å²) in [6.07, 6.45) is 5.01. The minimum atomic E-state index is -0.280. The first kappa shape index (κ1) is 24.3. The van der Waals surface area contributed by atoms with E-state index in [1.807, 2.05) is 42.5 Å². The van der Waals surface area contributed by atoms with Crippen molar-refractivity contribution in [3.63, 3.8) is 0 Å². The number of anilines is 1. The Morgan fingerprint density at radius 3 is 2.34 bits per heavy atom. The molecule has 5 aromatic rings. The van der Waals surface area contributed by atoms with Crippen molar-refractivity contribution in [3.8, 4) is 28.3 Å². The largest absolute Gasteiger partial charge is 0.383 e. The molecule has 1 fully saturated rings. The Morgan fingerprint density at radius 1 is 0.921 bits per heavy atom. The third-order valence-corrected chi connectivity index (χ3v) is 7.81. The quantitative estimate of drug-likeness (QED) is 0.278. The third-order valence-electron chi connectivity index (χ3n) is 7.81. The van der Waals surface area contributed by atoms with Crippen LogP contribution in [-0.4, -0.2) is 19.5 Å². The van der Waals surface area contributed by atoms with Gasteiger partial charge in [0.15, 0.2) is 11.5 Å². The van der Waals surface area contributed by atoms with Crippen molar-refractivity contribution in [3.05, 3.63) is 90.6 Å². The number of hydrogen-bond acceptors (Lipinski definition) is 5. The molecule has 3 aromatic heterocycles. The van der Waals surface area contributed by atoms with E-state index in [-0.39, 0.29) is 11.0 Å². The first-order valence-corrected chi connectivity index (χ1v) is 13.3. The molecule has 1 aliphatic rings. The van der Waals surface area contributed by atoms with Crippen LogP contribution in [0.3, 0.4) is 0 Å². The Balaban J connectivity index is 1.47. The lowest BCUT2D eigenvalue weighted by Crippen LogP contribution is -2.53. The summed E-state index contributed by atoms with van der Waals surface area (Å²) in [7, 11) is 0. The molecule has 2 aromatic carbocycles. The molecule has 3 heterocycles. The summed E-state index contributed by atoms with van der Waals surface area (Å²) in [6.45, 7) is 6.88. The molecule has 192 valence electrons. The van der Waals surface area contributed by atoms with E-state index in [9.17, 15) is 0 Å². The van der Waals surface area contributed by atoms with Gasteiger partial charge >= 0.3 is 0 Å². The van der Waals surface area contributed by atoms with Crippen LogP contribution in [0.2, 0.25) is 0 Å². The Kier molecular flexibility index (Phi) is 5.80. The molecular weight excluding hydrogens is 468 g/mol. The zero-order valence-corrected chi connectivity index (χ0v) is 22.2. The predicted octanol–water partition coefficient (Wildman–Crippen LogP) is 6.73. The first-order valence-electron chi connectivity index (χ1n) is 13.3. The molecule has 0 saturated heterocycles. The zero-order chi connectivity index (χ0) is 26.5. The van der Waals surface area contributed by atoms with Crippen LogP contribution in [0.1, 0.15) is 45.6 Å². The Morgan fingerprint density at radius 2 is 1.68 bits per heavy atom. The van der Waals surface area contributed by atoms with Crippen molar-refractivity contribution in [1.29, 1.82) is 0 Å². The standard InChI is InChI=1S/C32H34N6/c1-31(2,3)20-23-17-18-32(23,34)22-11-13-24(14-12-22)38-29(25-10-7-19-35-28(25)33)37-27-16-15-26(36-30(27)38)21-8-5-4-6-9-21/h4-16,19,23H,17-18,20,34H2,1-3H3,(H2,33,35). The lowest BCUT2D eigenvalue weighted by atomic mass is 9.59. The summed E-state index contributed by atoms with van der Waals surface area (Å²) in [5, 5.41) is 0. The average molecular weight is 503 g/mol. The van der Waals surface area contributed by atoms with Crippen LogP contribution < -0.4 is 11.5 Å². The van der Waals surface area contributed by atoms with Crippen LogP contribution in [0.4, 0.5) is 5.82 Å². The topological polar surface area (TPSA) is 95.6 Å². The molecule has 0 spiro atoms. The molecule has 38 heavy (non-hydrogen) atoms. The van der Waals surface area contributed by atoms with Gasteiger partial charge in [-0.1, -0.05) is 63.2 Å². The van der Waals surface area contributed by atoms with Crippen LogP contribution in [0.5, 0.6) is 0 Å². The minimum absolute atomic E-state index is 0.256. The number of pyridine rings is 2. The Labute approximate surface area is 223 Å². The maximum atomic E-state index is 7.00. The van der Waals surface area contributed by atoms with Gasteiger partial charge in [-0.25, -0.2) is 15.0 Å². The fourth-order valence-electron chi connectivity index (χ4n) is 5.74. The van der Waals surface area contributed by atoms with Gasteiger partial charge < -0.3 is 11.5 Å². The smallest absolute Gasteiger partial charge is 0.165 e. The van der Waals surface area contributed by atoms with E-state index in [0.29, 0.717) is 17.6 Å². The zero-order valence-electron chi connectivity index (χ0n) is 22.2. The van der Waals surface area contributed by atoms with Gasteiger partial charge in [-0.3, -0.25) is 4.57 Å². The number of aromatic nitrogens is 4. The number of imidazole rings is 1. The van der Waals surface area contributed by atoms with Gasteiger partial charge in [0.1, 0.15) is 11.3 Å². The summed E-state index contributed by atoms with van der Waals surface area (Å²) < 4.78 is 2.08. The van der Waals surface area contributed by atoms with Crippen LogP contribution in [0.15, 0.2) is 85.1 Å². The van der Waals surface area contributed by atoms with E-state index >= 15 is 0 Å². The summed E-state index contributed by atoms with van der Waals surface area (Å²) in [6, 6.07) is 26.7. The molecule has 0 radical (unpaired) electrons. The maximum Gasteiger partial charge on any atom is 0.165 e. The Hall–Kier alpha value is -4.03. The van der Waals surface area contributed by atoms with E-state index < -0.39 is 0 Å². The van der Waals surface area contributed by atoms with Crippen LogP contribution in [-0.2, 0) is 5.54 Å². The van der Waals surface area contributed by atoms with Crippen molar-refractivity contribution < 1.29 is 0 Å². The molecule has 6 rings (SSSR count). The highest BCUT2D eigenvalue weighted by Crippen LogP contribution is 2.49. The molecule has 2 unspecified atom stereocenters. The molecule has 0 aliphatic heterocycles. The van der Waals surface area contributed by atoms with Crippen molar-refractivity contribution in [2.75, 3.05) is 5.73 Å². The van der Waals surface area contributed by atoms with Crippen LogP contribution >= 0.6 is 0 Å². The highest BCUT2D eigenvalue weighted by Gasteiger charge is 2.45. The number of nitrogen functional groups attached to an aromatic ring is 1. The highest BCUT2D eigenvalue weighted by atomic mass is 15.1. The predicted molar refractivity (Wildman–Crippen MR) is 155 cm³/mol. The number of nitrogens with two attached hydrogens (primary N) is 2. The minimum Gasteiger partial charge on any atom is -0.383 e. The number of hydrogen-bond donors (Lipinski definition) is 2. The fraction of sp³-hybridized carbons (Fsp3) is 0.281. The number of nitrogens with zero attached hydrogens (tertiary/aromatic N) is 4. The fourth-order valence-corrected chi connectivity index (χ4v) is 5.74. The molecule has 0 bridgehead atoms. The van der Waals surface area contributed by atoms with E-state index in [1.165, 1.54) is 12.0 Å². The second kappa shape index (κ2) is 9.07. The Bertz CT molecular complexity index is 1600. The van der Waals surface area contributed by atoms with Gasteiger partial charge in [-0.2, -0.15) is 0 Å². The van der Waals surface area contributed by atoms with E-state index in [4.69, 9.17) is 21.4 Å². The first-order chi connectivity index (χ1) is 18.2. The second-order valence-electron chi connectivity index (χ2n) is 11.7. The summed E-state index contributed by atoms with van der Waals surface area (Å²) in [5.74, 6) is 1.64. The normalized spacial score (nSPS) is 19.4. The van der Waals surface area contributed by atoms with E-state index in [1.54, 1.807) is 6.20 Å².